The molecule has 0 radical (unpaired) electrons. The lowest BCUT2D eigenvalue weighted by molar-refractivity contribution is -0.137. The fourth-order valence-corrected chi connectivity index (χ4v) is 4.30. The van der Waals surface area contributed by atoms with Crippen LogP contribution in [0.5, 0.6) is 5.75 Å². The van der Waals surface area contributed by atoms with Gasteiger partial charge in [-0.25, -0.2) is 0 Å². The Bertz CT molecular complexity index is 1120. The van der Waals surface area contributed by atoms with Crippen LogP contribution in [-0.4, -0.2) is 59.7 Å². The van der Waals surface area contributed by atoms with Gasteiger partial charge in [-0.2, -0.15) is 18.3 Å². The molecule has 1 aliphatic rings. The van der Waals surface area contributed by atoms with Crippen molar-refractivity contribution in [1.29, 1.82) is 0 Å². The summed E-state index contributed by atoms with van der Waals surface area (Å²) < 4.78 is 44.7. The van der Waals surface area contributed by atoms with E-state index in [1.54, 1.807) is 30.5 Å². The summed E-state index contributed by atoms with van der Waals surface area (Å²) in [6, 6.07) is 11.9. The number of carbonyl (C=O) groups is 1. The molecule has 0 spiro atoms. The van der Waals surface area contributed by atoms with E-state index in [2.05, 4.69) is 10.2 Å². The maximum Gasteiger partial charge on any atom is 0.416 e. The van der Waals surface area contributed by atoms with Crippen molar-refractivity contribution in [3.63, 3.8) is 0 Å². The van der Waals surface area contributed by atoms with Crippen molar-refractivity contribution in [3.05, 3.63) is 71.5 Å². The molecule has 1 fully saturated rings. The minimum absolute atomic E-state index is 0.0949. The van der Waals surface area contributed by atoms with Crippen molar-refractivity contribution in [3.8, 4) is 16.9 Å². The number of amides is 1. The summed E-state index contributed by atoms with van der Waals surface area (Å²) in [6.07, 6.45) is -0.212. The molecule has 0 unspecified atom stereocenters. The number of nitrogens with one attached hydrogen (secondary N) is 1. The van der Waals surface area contributed by atoms with E-state index in [1.165, 1.54) is 12.1 Å². The van der Waals surface area contributed by atoms with Crippen LogP contribution in [0.4, 0.5) is 13.2 Å². The Labute approximate surface area is 202 Å². The predicted molar refractivity (Wildman–Crippen MR) is 127 cm³/mol. The molecule has 2 heterocycles. The number of likely N-dealkylation sites (tertiary alicyclic amines) is 1. The second kappa shape index (κ2) is 10.5. The largest absolute Gasteiger partial charge is 0.492 e. The van der Waals surface area contributed by atoms with Crippen molar-refractivity contribution < 1.29 is 22.7 Å². The molecule has 1 N–H and O–H groups in total. The number of alkyl halides is 3. The van der Waals surface area contributed by atoms with Crippen molar-refractivity contribution in [2.75, 3.05) is 33.8 Å². The topological polar surface area (TPSA) is 61.5 Å². The van der Waals surface area contributed by atoms with Crippen LogP contribution in [0.15, 0.2) is 54.7 Å². The summed E-state index contributed by atoms with van der Waals surface area (Å²) in [5, 5.41) is 7.17. The fourth-order valence-electron chi connectivity index (χ4n) is 4.30. The molecular formula is C26H29F3N4O2. The van der Waals surface area contributed by atoms with Gasteiger partial charge in [0, 0.05) is 24.2 Å². The zero-order valence-electron chi connectivity index (χ0n) is 19.8. The summed E-state index contributed by atoms with van der Waals surface area (Å²) in [5.74, 6) is 0.610. The first-order valence-corrected chi connectivity index (χ1v) is 11.6. The van der Waals surface area contributed by atoms with E-state index in [0.717, 1.165) is 43.6 Å². The molecular weight excluding hydrogens is 457 g/mol. The predicted octanol–water partition coefficient (Wildman–Crippen LogP) is 5.40. The van der Waals surface area contributed by atoms with E-state index in [-0.39, 0.29) is 11.9 Å². The highest BCUT2D eigenvalue weighted by Gasteiger charge is 2.33. The molecule has 1 atom stereocenters. The number of hydrogen-bond acceptors (Lipinski definition) is 4. The number of H-pyrrole nitrogens is 1. The lowest BCUT2D eigenvalue weighted by Gasteiger charge is -2.35. The van der Waals surface area contributed by atoms with Gasteiger partial charge < -0.3 is 14.5 Å². The molecule has 0 bridgehead atoms. The average molecular weight is 487 g/mol. The standard InChI is InChI=1S/C26H29F3N4O2/c1-32(2)15-16-35-21-12-8-19(9-13-21)25(34)33-14-4-3-5-23(33)24-22(17-30-31-24)18-6-10-20(11-7-18)26(27,28)29/h6-13,17,23H,3-5,14-16H2,1-2H3,(H,30,31)/t23-/m0/s1. The minimum Gasteiger partial charge on any atom is -0.492 e. The number of nitrogens with zero attached hydrogens (tertiary/aromatic N) is 3. The summed E-state index contributed by atoms with van der Waals surface area (Å²) in [7, 11) is 3.95. The molecule has 1 aliphatic heterocycles. The van der Waals surface area contributed by atoms with E-state index in [1.807, 2.05) is 23.9 Å². The number of halogens is 3. The van der Waals surface area contributed by atoms with Crippen LogP contribution < -0.4 is 4.74 Å². The highest BCUT2D eigenvalue weighted by molar-refractivity contribution is 5.94. The molecule has 9 heteroatoms. The highest BCUT2D eigenvalue weighted by Crippen LogP contribution is 2.37. The molecule has 0 aliphatic carbocycles. The Balaban J connectivity index is 1.53. The van der Waals surface area contributed by atoms with Crippen LogP contribution in [0.1, 0.15) is 46.9 Å². The number of carbonyl (C=O) groups excluding carboxylic acids is 1. The molecule has 1 aromatic heterocycles. The molecule has 186 valence electrons. The summed E-state index contributed by atoms with van der Waals surface area (Å²) in [4.78, 5) is 17.3. The summed E-state index contributed by atoms with van der Waals surface area (Å²) in [5.41, 5.74) is 1.93. The van der Waals surface area contributed by atoms with Crippen molar-refractivity contribution in [2.24, 2.45) is 0 Å². The number of rotatable bonds is 7. The number of aromatic amines is 1. The normalized spacial score (nSPS) is 16.5. The minimum atomic E-state index is -4.39. The first-order valence-electron chi connectivity index (χ1n) is 11.6. The number of benzene rings is 2. The van der Waals surface area contributed by atoms with Crippen LogP contribution >= 0.6 is 0 Å². The molecule has 4 rings (SSSR count). The number of piperidine rings is 1. The van der Waals surface area contributed by atoms with Crippen LogP contribution in [0.3, 0.4) is 0 Å². The van der Waals surface area contributed by atoms with Gasteiger partial charge in [-0.1, -0.05) is 12.1 Å². The van der Waals surface area contributed by atoms with E-state index in [0.29, 0.717) is 35.6 Å². The first-order chi connectivity index (χ1) is 16.7. The Morgan fingerprint density at radius 3 is 2.49 bits per heavy atom. The number of ether oxygens (including phenoxy) is 1. The fraction of sp³-hybridized carbons (Fsp3) is 0.385. The maximum absolute atomic E-state index is 13.4. The zero-order valence-corrected chi connectivity index (χ0v) is 19.8. The van der Waals surface area contributed by atoms with Gasteiger partial charge in [0.1, 0.15) is 12.4 Å². The van der Waals surface area contributed by atoms with Gasteiger partial charge in [-0.3, -0.25) is 9.89 Å². The smallest absolute Gasteiger partial charge is 0.416 e. The van der Waals surface area contributed by atoms with E-state index in [4.69, 9.17) is 4.74 Å². The van der Waals surface area contributed by atoms with Crippen LogP contribution in [0.2, 0.25) is 0 Å². The molecule has 1 amide bonds. The van der Waals surface area contributed by atoms with E-state index >= 15 is 0 Å². The number of aromatic nitrogens is 2. The summed E-state index contributed by atoms with van der Waals surface area (Å²) in [6.45, 7) is 1.94. The number of hydrogen-bond donors (Lipinski definition) is 1. The van der Waals surface area contributed by atoms with E-state index in [9.17, 15) is 18.0 Å². The Morgan fingerprint density at radius 1 is 1.11 bits per heavy atom. The van der Waals surface area contributed by atoms with Crippen LogP contribution in [-0.2, 0) is 6.18 Å². The molecule has 6 nitrogen and oxygen atoms in total. The van der Waals surface area contributed by atoms with Crippen LogP contribution in [0, 0.1) is 0 Å². The average Bonchev–Trinajstić information content (AvgIpc) is 3.33. The van der Waals surface area contributed by atoms with Gasteiger partial charge in [-0.15, -0.1) is 0 Å². The second-order valence-electron chi connectivity index (χ2n) is 8.96. The maximum atomic E-state index is 13.4. The van der Waals surface area contributed by atoms with Crippen molar-refractivity contribution in [1.82, 2.24) is 20.0 Å². The second-order valence-corrected chi connectivity index (χ2v) is 8.96. The third-order valence-electron chi connectivity index (χ3n) is 6.20. The van der Waals surface area contributed by atoms with Gasteiger partial charge in [0.2, 0.25) is 0 Å². The molecule has 2 aromatic carbocycles. The van der Waals surface area contributed by atoms with Crippen molar-refractivity contribution >= 4 is 5.91 Å². The van der Waals surface area contributed by atoms with Crippen molar-refractivity contribution in [2.45, 2.75) is 31.5 Å². The zero-order chi connectivity index (χ0) is 25.0. The van der Waals surface area contributed by atoms with Gasteiger partial charge >= 0.3 is 6.18 Å². The Morgan fingerprint density at radius 2 is 1.83 bits per heavy atom. The highest BCUT2D eigenvalue weighted by atomic mass is 19.4. The van der Waals surface area contributed by atoms with Gasteiger partial charge in [0.25, 0.3) is 5.91 Å². The molecule has 3 aromatic rings. The lowest BCUT2D eigenvalue weighted by Crippen LogP contribution is -2.38. The Kier molecular flexibility index (Phi) is 7.45. The first kappa shape index (κ1) is 24.8. The van der Waals surface area contributed by atoms with E-state index < -0.39 is 11.7 Å². The number of likely N-dealkylation sites (N-methyl/N-ethyl adjacent to an activating group) is 1. The van der Waals surface area contributed by atoms with Gasteiger partial charge in [0.05, 0.1) is 23.5 Å². The molecule has 0 saturated carbocycles. The lowest BCUT2D eigenvalue weighted by atomic mass is 9.93. The Hall–Kier alpha value is -3.33. The quantitative estimate of drug-likeness (QED) is 0.486. The summed E-state index contributed by atoms with van der Waals surface area (Å²) >= 11 is 0. The third kappa shape index (κ3) is 5.85. The molecule has 35 heavy (non-hydrogen) atoms. The van der Waals surface area contributed by atoms with Gasteiger partial charge in [-0.05, 0) is 75.3 Å². The monoisotopic (exact) mass is 486 g/mol. The SMILES string of the molecule is CN(C)CCOc1ccc(C(=O)N2CCCC[C@H]2c2[nH]ncc2-c2ccc(C(F)(F)F)cc2)cc1. The van der Waals surface area contributed by atoms with Gasteiger partial charge in [0.15, 0.2) is 0 Å². The third-order valence-corrected chi connectivity index (χ3v) is 6.20. The van der Waals surface area contributed by atoms with Crippen LogP contribution in [0.25, 0.3) is 11.1 Å². The molecule has 1 saturated heterocycles.